The van der Waals surface area contributed by atoms with Crippen LogP contribution in [0.3, 0.4) is 0 Å². The summed E-state index contributed by atoms with van der Waals surface area (Å²) in [4.78, 5) is 17.1. The number of aryl methyl sites for hydroxylation is 2. The van der Waals surface area contributed by atoms with Gasteiger partial charge in [-0.05, 0) is 62.4 Å². The van der Waals surface area contributed by atoms with Crippen LogP contribution in [0, 0.1) is 0 Å². The predicted octanol–water partition coefficient (Wildman–Crippen LogP) is 2.01. The summed E-state index contributed by atoms with van der Waals surface area (Å²) in [6.45, 7) is 5.13. The number of nitrogens with zero attached hydrogens (tertiary/aromatic N) is 2. The summed E-state index contributed by atoms with van der Waals surface area (Å²) in [5.74, 6) is 0.0809. The Hall–Kier alpha value is -1.39. The van der Waals surface area contributed by atoms with E-state index in [0.29, 0.717) is 5.56 Å². The van der Waals surface area contributed by atoms with Crippen LogP contribution in [0.2, 0.25) is 0 Å². The summed E-state index contributed by atoms with van der Waals surface area (Å²) in [5, 5.41) is 10.1. The summed E-state index contributed by atoms with van der Waals surface area (Å²) in [6, 6.07) is 4.12. The molecule has 1 N–H and O–H groups in total. The molecule has 4 heteroatoms. The van der Waals surface area contributed by atoms with Crippen LogP contribution in [0.5, 0.6) is 0 Å². The van der Waals surface area contributed by atoms with Crippen molar-refractivity contribution in [1.29, 1.82) is 0 Å². The second-order valence-corrected chi connectivity index (χ2v) is 6.69. The van der Waals surface area contributed by atoms with E-state index in [4.69, 9.17) is 0 Å². The number of fused-ring (bicyclic) bond motifs is 1. The van der Waals surface area contributed by atoms with E-state index in [0.717, 1.165) is 44.6 Å². The van der Waals surface area contributed by atoms with Crippen LogP contribution in [0.25, 0.3) is 0 Å². The minimum absolute atomic E-state index is 0.0809. The van der Waals surface area contributed by atoms with Crippen LogP contribution in [-0.2, 0) is 12.8 Å². The molecule has 1 aromatic rings. The Morgan fingerprint density at radius 3 is 2.27 bits per heavy atom. The van der Waals surface area contributed by atoms with Gasteiger partial charge in [0.2, 0.25) is 0 Å². The first-order chi connectivity index (χ1) is 10.6. The number of aliphatic hydroxyl groups excluding tert-OH is 1. The maximum Gasteiger partial charge on any atom is 0.254 e. The highest BCUT2D eigenvalue weighted by Gasteiger charge is 2.25. The summed E-state index contributed by atoms with van der Waals surface area (Å²) in [6.07, 6.45) is 3.93. The molecule has 0 bridgehead atoms. The highest BCUT2D eigenvalue weighted by molar-refractivity contribution is 5.96. The Labute approximate surface area is 132 Å². The molecule has 0 spiro atoms. The van der Waals surface area contributed by atoms with E-state index < -0.39 is 6.10 Å². The Morgan fingerprint density at radius 2 is 1.68 bits per heavy atom. The number of rotatable bonds is 2. The Bertz CT molecular complexity index is 560. The van der Waals surface area contributed by atoms with E-state index in [1.54, 1.807) is 6.92 Å². The van der Waals surface area contributed by atoms with Crippen molar-refractivity contribution in [1.82, 2.24) is 9.80 Å². The molecule has 1 heterocycles. The molecule has 0 radical (unpaired) electrons. The molecular weight excluding hydrogens is 276 g/mol. The van der Waals surface area contributed by atoms with E-state index in [-0.39, 0.29) is 5.91 Å². The second kappa shape index (κ2) is 6.39. The summed E-state index contributed by atoms with van der Waals surface area (Å²) >= 11 is 0. The topological polar surface area (TPSA) is 43.8 Å². The fourth-order valence-electron chi connectivity index (χ4n) is 3.52. The van der Waals surface area contributed by atoms with Crippen LogP contribution in [0.4, 0.5) is 0 Å². The zero-order chi connectivity index (χ0) is 15.7. The SMILES string of the molecule is C[C@H](O)c1cc2c(cc1C(=O)N1CCN(C)CC1)CCCC2. The highest BCUT2D eigenvalue weighted by atomic mass is 16.3. The molecular formula is C18H26N2O2. The van der Waals surface area contributed by atoms with Crippen LogP contribution in [0.15, 0.2) is 12.1 Å². The number of piperazine rings is 1. The quantitative estimate of drug-likeness (QED) is 0.909. The molecule has 4 nitrogen and oxygen atoms in total. The second-order valence-electron chi connectivity index (χ2n) is 6.69. The van der Waals surface area contributed by atoms with Crippen molar-refractivity contribution in [3.05, 3.63) is 34.4 Å². The molecule has 1 fully saturated rings. The molecule has 3 rings (SSSR count). The molecule has 0 unspecified atom stereocenters. The lowest BCUT2D eigenvalue weighted by Crippen LogP contribution is -2.47. The lowest BCUT2D eigenvalue weighted by atomic mass is 9.86. The third-order valence-corrected chi connectivity index (χ3v) is 4.98. The van der Waals surface area contributed by atoms with Gasteiger partial charge < -0.3 is 14.9 Å². The number of benzene rings is 1. The smallest absolute Gasteiger partial charge is 0.254 e. The van der Waals surface area contributed by atoms with Crippen LogP contribution >= 0.6 is 0 Å². The Morgan fingerprint density at radius 1 is 1.09 bits per heavy atom. The van der Waals surface area contributed by atoms with Crippen molar-refractivity contribution in [3.8, 4) is 0 Å². The first-order valence-corrected chi connectivity index (χ1v) is 8.38. The van der Waals surface area contributed by atoms with Gasteiger partial charge in [-0.3, -0.25) is 4.79 Å². The van der Waals surface area contributed by atoms with Gasteiger partial charge in [0.05, 0.1) is 6.10 Å². The van der Waals surface area contributed by atoms with Gasteiger partial charge in [-0.2, -0.15) is 0 Å². The molecule has 22 heavy (non-hydrogen) atoms. The van der Waals surface area contributed by atoms with Crippen molar-refractivity contribution in [2.24, 2.45) is 0 Å². The third-order valence-electron chi connectivity index (χ3n) is 4.98. The summed E-state index contributed by atoms with van der Waals surface area (Å²) in [7, 11) is 2.09. The number of carbonyl (C=O) groups is 1. The first kappa shape index (κ1) is 15.5. The van der Waals surface area contributed by atoms with Gasteiger partial charge in [0.15, 0.2) is 0 Å². The molecule has 0 aromatic heterocycles. The zero-order valence-corrected chi connectivity index (χ0v) is 13.6. The van der Waals surface area contributed by atoms with E-state index in [1.165, 1.54) is 24.0 Å². The first-order valence-electron chi connectivity index (χ1n) is 8.38. The van der Waals surface area contributed by atoms with E-state index in [1.807, 2.05) is 4.90 Å². The molecule has 1 aliphatic carbocycles. The number of amides is 1. The molecule has 2 aliphatic rings. The molecule has 0 saturated carbocycles. The molecule has 1 amide bonds. The number of aliphatic hydroxyl groups is 1. The van der Waals surface area contributed by atoms with Crippen LogP contribution in [0.1, 0.15) is 52.9 Å². The van der Waals surface area contributed by atoms with E-state index >= 15 is 0 Å². The lowest BCUT2D eigenvalue weighted by molar-refractivity contribution is 0.0658. The Balaban J connectivity index is 1.92. The molecule has 120 valence electrons. The van der Waals surface area contributed by atoms with Gasteiger partial charge in [-0.15, -0.1) is 0 Å². The van der Waals surface area contributed by atoms with Gasteiger partial charge in [0.25, 0.3) is 5.91 Å². The van der Waals surface area contributed by atoms with Crippen molar-refractivity contribution >= 4 is 5.91 Å². The number of hydrogen-bond donors (Lipinski definition) is 1. The van der Waals surface area contributed by atoms with E-state index in [2.05, 4.69) is 24.1 Å². The molecule has 1 atom stereocenters. The largest absolute Gasteiger partial charge is 0.389 e. The monoisotopic (exact) mass is 302 g/mol. The highest BCUT2D eigenvalue weighted by Crippen LogP contribution is 2.29. The van der Waals surface area contributed by atoms with Crippen molar-refractivity contribution in [2.45, 2.75) is 38.7 Å². The maximum atomic E-state index is 12.9. The van der Waals surface area contributed by atoms with Crippen molar-refractivity contribution < 1.29 is 9.90 Å². The van der Waals surface area contributed by atoms with Crippen LogP contribution < -0.4 is 0 Å². The van der Waals surface area contributed by atoms with Gasteiger partial charge in [0.1, 0.15) is 0 Å². The minimum atomic E-state index is -0.598. The predicted molar refractivity (Wildman–Crippen MR) is 87.1 cm³/mol. The fourth-order valence-corrected chi connectivity index (χ4v) is 3.52. The fraction of sp³-hybridized carbons (Fsp3) is 0.611. The minimum Gasteiger partial charge on any atom is -0.389 e. The van der Waals surface area contributed by atoms with E-state index in [9.17, 15) is 9.90 Å². The standard InChI is InChI=1S/C18H26N2O2/c1-13(21)16-11-14-5-3-4-6-15(14)12-17(16)18(22)20-9-7-19(2)8-10-20/h11-13,21H,3-10H2,1-2H3/t13-/m0/s1. The van der Waals surface area contributed by atoms with Gasteiger partial charge in [0, 0.05) is 31.7 Å². The number of hydrogen-bond acceptors (Lipinski definition) is 3. The number of carbonyl (C=O) groups excluding carboxylic acids is 1. The Kier molecular flexibility index (Phi) is 4.50. The van der Waals surface area contributed by atoms with Crippen LogP contribution in [-0.4, -0.2) is 54.0 Å². The molecule has 1 saturated heterocycles. The average Bonchev–Trinajstić information content (AvgIpc) is 2.53. The van der Waals surface area contributed by atoms with Crippen molar-refractivity contribution in [2.75, 3.05) is 33.2 Å². The van der Waals surface area contributed by atoms with Gasteiger partial charge in [-0.1, -0.05) is 6.07 Å². The summed E-state index contributed by atoms with van der Waals surface area (Å²) in [5.41, 5.74) is 4.12. The average molecular weight is 302 g/mol. The summed E-state index contributed by atoms with van der Waals surface area (Å²) < 4.78 is 0. The maximum absolute atomic E-state index is 12.9. The molecule has 1 aromatic carbocycles. The zero-order valence-electron chi connectivity index (χ0n) is 13.6. The normalized spacial score (nSPS) is 20.6. The molecule has 1 aliphatic heterocycles. The lowest BCUT2D eigenvalue weighted by Gasteiger charge is -2.33. The third kappa shape index (κ3) is 3.03. The van der Waals surface area contributed by atoms with Gasteiger partial charge in [-0.25, -0.2) is 0 Å². The van der Waals surface area contributed by atoms with Crippen molar-refractivity contribution in [3.63, 3.8) is 0 Å². The van der Waals surface area contributed by atoms with Gasteiger partial charge >= 0.3 is 0 Å². The number of likely N-dealkylation sites (N-methyl/N-ethyl adjacent to an activating group) is 1.